The average molecular weight is 927 g/mol. The zero-order valence-electron chi connectivity index (χ0n) is 42.6. The summed E-state index contributed by atoms with van der Waals surface area (Å²) >= 11 is 0. The molecule has 64 heavy (non-hydrogen) atoms. The highest BCUT2D eigenvalue weighted by Crippen LogP contribution is 2.57. The lowest BCUT2D eigenvalue weighted by Gasteiger charge is -2.11. The smallest absolute Gasteiger partial charge is 0.302 e. The van der Waals surface area contributed by atoms with E-state index in [1.54, 1.807) is 6.08 Å². The fourth-order valence-electron chi connectivity index (χ4n) is 6.96. The Morgan fingerprint density at radius 3 is 0.703 bits per heavy atom. The largest absolute Gasteiger partial charge is 0.481 e. The third-order valence-electron chi connectivity index (χ3n) is 11.3. The van der Waals surface area contributed by atoms with Gasteiger partial charge in [0.2, 0.25) is 0 Å². The molecule has 9 heteroatoms. The predicted octanol–water partition coefficient (Wildman–Crippen LogP) is 18.4. The molecule has 0 fully saturated rings. The maximum Gasteiger partial charge on any atom is 0.481 e. The lowest BCUT2D eigenvalue weighted by molar-refractivity contribution is 0.191. The van der Waals surface area contributed by atoms with Gasteiger partial charge in [0.05, 0.1) is 6.61 Å². The van der Waals surface area contributed by atoms with Crippen LogP contribution in [0.1, 0.15) is 212 Å². The summed E-state index contributed by atoms with van der Waals surface area (Å²) in [6.07, 6.45) is 47.2. The summed E-state index contributed by atoms with van der Waals surface area (Å²) in [6.45, 7) is 26.2. The second kappa shape index (κ2) is 36.5. The van der Waals surface area contributed by atoms with Crippen molar-refractivity contribution < 1.29 is 32.6 Å². The van der Waals surface area contributed by atoms with Crippen LogP contribution >= 0.6 is 15.6 Å². The first-order chi connectivity index (χ1) is 30.1. The van der Waals surface area contributed by atoms with E-state index in [4.69, 9.17) is 9.79 Å². The molecule has 0 aromatic carbocycles. The maximum atomic E-state index is 11.5. The quantitative estimate of drug-likeness (QED) is 0.0428. The van der Waals surface area contributed by atoms with Crippen molar-refractivity contribution in [1.82, 2.24) is 0 Å². The van der Waals surface area contributed by atoms with E-state index in [1.807, 2.05) is 6.92 Å². The van der Waals surface area contributed by atoms with Gasteiger partial charge in [-0.2, -0.15) is 4.31 Å². The van der Waals surface area contributed by atoms with Gasteiger partial charge < -0.3 is 14.7 Å². The first kappa shape index (κ1) is 61.4. The van der Waals surface area contributed by atoms with E-state index in [1.165, 1.54) is 68.6 Å². The minimum atomic E-state index is -5.11. The SMILES string of the molecule is CC(C)=CCC/C(C)=C/CC/C(C)=C/CC/C(C)=C/CC/C(C)=C/CC/C(C)=C/CC/C(C)=C/CC/C(C)=C/CC/C(C)=C/CC/C(C)=C/CC/C(C)=C/COP(=O)(O)OP(=O)(O)O. The molecule has 0 aromatic heterocycles. The molecule has 364 valence electrons. The van der Waals surface area contributed by atoms with Gasteiger partial charge in [-0.3, -0.25) is 4.52 Å². The normalized spacial score (nSPS) is 15.9. The third kappa shape index (κ3) is 40.9. The standard InChI is InChI=1S/C55H92O7P2/c1-45(2)23-13-24-46(3)25-14-26-47(4)27-15-28-48(5)29-16-30-49(6)31-17-32-50(7)33-18-34-51(8)35-19-36-52(9)37-20-38-53(10)39-21-40-54(11)41-22-42-55(12)43-44-61-64(59,60)62-63(56,57)58/h23,25,27,29,31,33,35,37,39,41,43H,13-22,24,26,28,30,32,34,36,38,40,42,44H2,1-12H3,(H,59,60)(H2,56,57,58)/b46-25+,47-27+,48-29+,49-31+,50-33+,51-35+,52-37+,53-39+,54-41+,55-43+. The van der Waals surface area contributed by atoms with Crippen LogP contribution in [0.2, 0.25) is 0 Å². The number of rotatable bonds is 35. The Morgan fingerprint density at radius 2 is 0.516 bits per heavy atom. The van der Waals surface area contributed by atoms with E-state index in [0.29, 0.717) is 0 Å². The Labute approximate surface area is 393 Å². The molecule has 0 aliphatic carbocycles. The topological polar surface area (TPSA) is 113 Å². The Balaban J connectivity index is 4.31. The van der Waals surface area contributed by atoms with Crippen LogP contribution in [0.15, 0.2) is 128 Å². The molecule has 0 saturated heterocycles. The van der Waals surface area contributed by atoms with E-state index >= 15 is 0 Å². The number of hydrogen-bond acceptors (Lipinski definition) is 4. The minimum absolute atomic E-state index is 0.274. The predicted molar refractivity (Wildman–Crippen MR) is 278 cm³/mol. The van der Waals surface area contributed by atoms with Crippen LogP contribution in [-0.2, 0) is 18.0 Å². The highest BCUT2D eigenvalue weighted by molar-refractivity contribution is 7.60. The Kier molecular flexibility index (Phi) is 35.0. The molecule has 0 amide bonds. The Bertz CT molecular complexity index is 1800. The zero-order chi connectivity index (χ0) is 48.4. The van der Waals surface area contributed by atoms with E-state index in [9.17, 15) is 14.0 Å². The van der Waals surface area contributed by atoms with Crippen LogP contribution < -0.4 is 0 Å². The van der Waals surface area contributed by atoms with Gasteiger partial charge in [-0.1, -0.05) is 128 Å². The molecular weight excluding hydrogens is 835 g/mol. The number of phosphoric acid groups is 2. The molecule has 0 radical (unpaired) electrons. The molecular formula is C55H92O7P2. The Morgan fingerprint density at radius 1 is 0.328 bits per heavy atom. The molecule has 7 nitrogen and oxygen atoms in total. The fourth-order valence-corrected chi connectivity index (χ4v) is 8.48. The second-order valence-electron chi connectivity index (χ2n) is 18.5. The van der Waals surface area contributed by atoms with Gasteiger partial charge in [0.15, 0.2) is 0 Å². The van der Waals surface area contributed by atoms with Crippen molar-refractivity contribution in [1.29, 1.82) is 0 Å². The summed E-state index contributed by atoms with van der Waals surface area (Å²) < 4.78 is 30.6. The van der Waals surface area contributed by atoms with Gasteiger partial charge in [-0.15, -0.1) is 0 Å². The summed E-state index contributed by atoms with van der Waals surface area (Å²) in [5.41, 5.74) is 15.6. The molecule has 0 rings (SSSR count). The van der Waals surface area contributed by atoms with Crippen molar-refractivity contribution in [3.05, 3.63) is 128 Å². The number of hydrogen-bond donors (Lipinski definition) is 3. The highest BCUT2D eigenvalue weighted by Gasteiger charge is 2.31. The van der Waals surface area contributed by atoms with Crippen LogP contribution in [0.25, 0.3) is 0 Å². The van der Waals surface area contributed by atoms with Crippen molar-refractivity contribution in [3.63, 3.8) is 0 Å². The van der Waals surface area contributed by atoms with Gasteiger partial charge in [-0.25, -0.2) is 9.13 Å². The van der Waals surface area contributed by atoms with E-state index in [0.717, 1.165) is 121 Å². The molecule has 3 N–H and O–H groups in total. The van der Waals surface area contributed by atoms with E-state index < -0.39 is 15.6 Å². The second-order valence-corrected chi connectivity index (χ2v) is 21.3. The minimum Gasteiger partial charge on any atom is -0.302 e. The maximum absolute atomic E-state index is 11.5. The molecule has 0 saturated carbocycles. The molecule has 0 aromatic rings. The van der Waals surface area contributed by atoms with Crippen LogP contribution in [0.3, 0.4) is 0 Å². The summed E-state index contributed by atoms with van der Waals surface area (Å²) in [6, 6.07) is 0. The fraction of sp³-hybridized carbons (Fsp3) is 0.600. The van der Waals surface area contributed by atoms with E-state index in [-0.39, 0.29) is 6.61 Å². The first-order valence-electron chi connectivity index (χ1n) is 24.0. The highest BCUT2D eigenvalue weighted by atomic mass is 31.3. The van der Waals surface area contributed by atoms with Gasteiger partial charge in [0.1, 0.15) is 0 Å². The molecule has 1 atom stereocenters. The van der Waals surface area contributed by atoms with Gasteiger partial charge in [0, 0.05) is 0 Å². The monoisotopic (exact) mass is 927 g/mol. The summed E-state index contributed by atoms with van der Waals surface area (Å²) in [5, 5.41) is 0. The van der Waals surface area contributed by atoms with Crippen LogP contribution in [-0.4, -0.2) is 21.3 Å². The third-order valence-corrected chi connectivity index (χ3v) is 13.4. The van der Waals surface area contributed by atoms with Crippen molar-refractivity contribution >= 4 is 15.6 Å². The molecule has 0 aliphatic rings. The molecule has 0 spiro atoms. The first-order valence-corrected chi connectivity index (χ1v) is 27.0. The van der Waals surface area contributed by atoms with Crippen molar-refractivity contribution in [2.24, 2.45) is 0 Å². The van der Waals surface area contributed by atoms with E-state index in [2.05, 4.69) is 146 Å². The van der Waals surface area contributed by atoms with Gasteiger partial charge >= 0.3 is 15.6 Å². The van der Waals surface area contributed by atoms with Crippen molar-refractivity contribution in [3.8, 4) is 0 Å². The molecule has 0 aliphatic heterocycles. The van der Waals surface area contributed by atoms with Gasteiger partial charge in [0.25, 0.3) is 0 Å². The average Bonchev–Trinajstić information content (AvgIpc) is 3.16. The summed E-state index contributed by atoms with van der Waals surface area (Å²) in [7, 11) is -9.92. The molecule has 1 unspecified atom stereocenters. The van der Waals surface area contributed by atoms with Crippen molar-refractivity contribution in [2.45, 2.75) is 212 Å². The zero-order valence-corrected chi connectivity index (χ0v) is 44.4. The molecule has 0 heterocycles. The lowest BCUT2D eigenvalue weighted by atomic mass is 10.0. The number of phosphoric ester groups is 1. The van der Waals surface area contributed by atoms with Crippen molar-refractivity contribution in [2.75, 3.05) is 6.61 Å². The summed E-state index contributed by atoms with van der Waals surface area (Å²) in [4.78, 5) is 26.7. The molecule has 0 bridgehead atoms. The van der Waals surface area contributed by atoms with Crippen LogP contribution in [0.4, 0.5) is 0 Å². The number of allylic oxidation sites excluding steroid dienone is 21. The Hall–Kier alpha value is -2.60. The van der Waals surface area contributed by atoms with Gasteiger partial charge in [-0.05, 0) is 212 Å². The summed E-state index contributed by atoms with van der Waals surface area (Å²) in [5.74, 6) is 0. The lowest BCUT2D eigenvalue weighted by Crippen LogP contribution is -1.94. The van der Waals surface area contributed by atoms with Crippen LogP contribution in [0.5, 0.6) is 0 Å². The van der Waals surface area contributed by atoms with Crippen LogP contribution in [0, 0.1) is 0 Å².